The number of hydrogen-bond acceptors (Lipinski definition) is 5. The van der Waals surface area contributed by atoms with Gasteiger partial charge in [-0.2, -0.15) is 5.10 Å². The van der Waals surface area contributed by atoms with Gasteiger partial charge >= 0.3 is 6.09 Å². The summed E-state index contributed by atoms with van der Waals surface area (Å²) in [6.07, 6.45) is 6.46. The van der Waals surface area contributed by atoms with Crippen LogP contribution in [0.2, 0.25) is 0 Å². The van der Waals surface area contributed by atoms with Crippen molar-refractivity contribution in [2.75, 3.05) is 13.7 Å². The Morgan fingerprint density at radius 2 is 2.00 bits per heavy atom. The number of aryl methyl sites for hydroxylation is 2. The number of ether oxygens (including phenoxy) is 2. The number of methoxy groups -OCH3 is 1. The van der Waals surface area contributed by atoms with Crippen LogP contribution in [0.4, 0.5) is 13.6 Å². The molecule has 1 aromatic carbocycles. The topological polar surface area (TPSA) is 61.5 Å². The molecule has 0 N–H and O–H groups in total. The summed E-state index contributed by atoms with van der Waals surface area (Å²) in [5.74, 6) is -1.81. The smallest absolute Gasteiger partial charge is 0.419 e. The average Bonchev–Trinajstić information content (AvgIpc) is 3.41. The highest BCUT2D eigenvalue weighted by Gasteiger charge is 2.58. The third-order valence-corrected chi connectivity index (χ3v) is 7.77. The van der Waals surface area contributed by atoms with E-state index in [1.165, 1.54) is 0 Å². The Bertz CT molecular complexity index is 1330. The number of likely N-dealkylation sites (tertiary alicyclic amines) is 1. The zero-order valence-corrected chi connectivity index (χ0v) is 22.5. The first-order valence-electron chi connectivity index (χ1n) is 12.8. The molecular weight excluding hydrogens is 478 g/mol. The number of piperidine rings is 1. The Morgan fingerprint density at radius 3 is 2.59 bits per heavy atom. The van der Waals surface area contributed by atoms with Crippen LogP contribution in [0.3, 0.4) is 0 Å². The maximum atomic E-state index is 13.9. The Hall–Kier alpha value is -2.94. The molecule has 1 saturated carbocycles. The molecule has 0 radical (unpaired) electrons. The maximum absolute atomic E-state index is 13.9. The lowest BCUT2D eigenvalue weighted by Crippen LogP contribution is -2.53. The van der Waals surface area contributed by atoms with Crippen LogP contribution in [-0.4, -0.2) is 50.5 Å². The maximum Gasteiger partial charge on any atom is 0.419 e. The number of hydrogen-bond donors (Lipinski definition) is 0. The van der Waals surface area contributed by atoms with Gasteiger partial charge in [0.1, 0.15) is 11.4 Å². The van der Waals surface area contributed by atoms with Gasteiger partial charge < -0.3 is 9.47 Å². The fourth-order valence-electron chi connectivity index (χ4n) is 6.25. The second-order valence-electron chi connectivity index (χ2n) is 11.9. The van der Waals surface area contributed by atoms with E-state index in [1.54, 1.807) is 22.6 Å². The summed E-state index contributed by atoms with van der Waals surface area (Å²) in [5.41, 5.74) is 2.75. The largest absolute Gasteiger partial charge is 0.496 e. The van der Waals surface area contributed by atoms with Gasteiger partial charge in [-0.25, -0.2) is 13.6 Å². The first-order chi connectivity index (χ1) is 17.3. The number of nitrogens with zero attached hydrogens (tertiary/aromatic N) is 4. The molecule has 3 aromatic rings. The van der Waals surface area contributed by atoms with Crippen molar-refractivity contribution >= 4 is 17.0 Å². The van der Waals surface area contributed by atoms with Gasteiger partial charge in [-0.05, 0) is 70.2 Å². The molecule has 0 bridgehead atoms. The fraction of sp³-hybridized carbons (Fsp3) is 0.571. The van der Waals surface area contributed by atoms with E-state index in [9.17, 15) is 13.6 Å². The molecule has 5 rings (SSSR count). The fourth-order valence-corrected chi connectivity index (χ4v) is 6.25. The molecule has 1 aliphatic carbocycles. The molecule has 1 saturated heterocycles. The second-order valence-corrected chi connectivity index (χ2v) is 11.9. The molecule has 3 heterocycles. The SMILES string of the molecule is COc1cc(C)c2c(ccn2C(=O)OC(C)(C)C)c1CN1CCC2(CC1c1cnn(C)c1)CC(F)(F)C2. The second kappa shape index (κ2) is 8.82. The molecule has 1 unspecified atom stereocenters. The molecule has 2 fully saturated rings. The summed E-state index contributed by atoms with van der Waals surface area (Å²) < 4.78 is 42.6. The van der Waals surface area contributed by atoms with Gasteiger partial charge in [0, 0.05) is 61.4 Å². The van der Waals surface area contributed by atoms with Crippen molar-refractivity contribution in [2.45, 2.75) is 77.5 Å². The van der Waals surface area contributed by atoms with E-state index in [-0.39, 0.29) is 24.3 Å². The van der Waals surface area contributed by atoms with Crippen molar-refractivity contribution in [2.24, 2.45) is 12.5 Å². The van der Waals surface area contributed by atoms with E-state index in [4.69, 9.17) is 9.47 Å². The molecule has 9 heteroatoms. The van der Waals surface area contributed by atoms with Crippen LogP contribution < -0.4 is 4.74 Å². The minimum atomic E-state index is -2.56. The quantitative estimate of drug-likeness (QED) is 0.413. The molecule has 0 amide bonds. The Balaban J connectivity index is 1.52. The number of rotatable bonds is 4. The van der Waals surface area contributed by atoms with Crippen molar-refractivity contribution in [1.82, 2.24) is 19.2 Å². The van der Waals surface area contributed by atoms with E-state index in [1.807, 2.05) is 59.3 Å². The summed E-state index contributed by atoms with van der Waals surface area (Å²) >= 11 is 0. The van der Waals surface area contributed by atoms with Crippen molar-refractivity contribution in [3.05, 3.63) is 47.4 Å². The predicted octanol–water partition coefficient (Wildman–Crippen LogP) is 6.23. The normalized spacial score (nSPS) is 21.2. The number of fused-ring (bicyclic) bond motifs is 1. The summed E-state index contributed by atoms with van der Waals surface area (Å²) in [5, 5.41) is 5.28. The van der Waals surface area contributed by atoms with Gasteiger partial charge in [-0.1, -0.05) is 0 Å². The number of aromatic nitrogens is 3. The number of benzene rings is 1. The Labute approximate surface area is 216 Å². The van der Waals surface area contributed by atoms with E-state index in [0.29, 0.717) is 19.5 Å². The molecule has 37 heavy (non-hydrogen) atoms. The summed E-state index contributed by atoms with van der Waals surface area (Å²) in [6, 6.07) is 3.85. The van der Waals surface area contributed by atoms with Crippen LogP contribution in [0.15, 0.2) is 30.7 Å². The minimum absolute atomic E-state index is 0.0347. The summed E-state index contributed by atoms with van der Waals surface area (Å²) in [4.78, 5) is 15.3. The summed E-state index contributed by atoms with van der Waals surface area (Å²) in [6.45, 7) is 8.74. The van der Waals surface area contributed by atoms with E-state index in [0.717, 1.165) is 39.8 Å². The van der Waals surface area contributed by atoms with Gasteiger partial charge in [0.05, 0.1) is 18.8 Å². The predicted molar refractivity (Wildman–Crippen MR) is 137 cm³/mol. The highest BCUT2D eigenvalue weighted by molar-refractivity contribution is 5.95. The van der Waals surface area contributed by atoms with E-state index in [2.05, 4.69) is 10.00 Å². The average molecular weight is 515 g/mol. The minimum Gasteiger partial charge on any atom is -0.496 e. The molecular formula is C28H36F2N4O3. The van der Waals surface area contributed by atoms with Gasteiger partial charge in [-0.3, -0.25) is 14.1 Å². The van der Waals surface area contributed by atoms with Crippen molar-refractivity contribution in [3.63, 3.8) is 0 Å². The van der Waals surface area contributed by atoms with Crippen molar-refractivity contribution in [1.29, 1.82) is 0 Å². The number of carbonyl (C=O) groups is 1. The van der Waals surface area contributed by atoms with Crippen LogP contribution in [0, 0.1) is 12.3 Å². The molecule has 200 valence electrons. The van der Waals surface area contributed by atoms with Gasteiger partial charge in [-0.15, -0.1) is 0 Å². The van der Waals surface area contributed by atoms with Crippen LogP contribution in [-0.2, 0) is 18.3 Å². The number of carbonyl (C=O) groups excluding carboxylic acids is 1. The van der Waals surface area contributed by atoms with Crippen LogP contribution in [0.5, 0.6) is 5.75 Å². The lowest BCUT2D eigenvalue weighted by atomic mass is 9.59. The summed E-state index contributed by atoms with van der Waals surface area (Å²) in [7, 11) is 3.52. The Morgan fingerprint density at radius 1 is 1.27 bits per heavy atom. The zero-order valence-electron chi connectivity index (χ0n) is 22.5. The van der Waals surface area contributed by atoms with Gasteiger partial charge in [0.15, 0.2) is 0 Å². The van der Waals surface area contributed by atoms with Crippen molar-refractivity contribution < 1.29 is 23.0 Å². The van der Waals surface area contributed by atoms with Gasteiger partial charge in [0.25, 0.3) is 0 Å². The van der Waals surface area contributed by atoms with Crippen LogP contribution in [0.25, 0.3) is 10.9 Å². The number of alkyl halides is 2. The molecule has 1 spiro atoms. The molecule has 2 aliphatic rings. The number of halogens is 2. The first kappa shape index (κ1) is 25.7. The third kappa shape index (κ3) is 4.85. The molecule has 1 aliphatic heterocycles. The highest BCUT2D eigenvalue weighted by Crippen LogP contribution is 2.60. The van der Waals surface area contributed by atoms with Crippen molar-refractivity contribution in [3.8, 4) is 5.75 Å². The van der Waals surface area contributed by atoms with E-state index < -0.39 is 17.6 Å². The zero-order chi connectivity index (χ0) is 26.8. The van der Waals surface area contributed by atoms with Gasteiger partial charge in [0.2, 0.25) is 5.92 Å². The third-order valence-electron chi connectivity index (χ3n) is 7.77. The monoisotopic (exact) mass is 514 g/mol. The Kier molecular flexibility index (Phi) is 6.13. The molecule has 7 nitrogen and oxygen atoms in total. The molecule has 2 aromatic heterocycles. The van der Waals surface area contributed by atoms with Crippen LogP contribution in [0.1, 0.15) is 69.2 Å². The first-order valence-corrected chi connectivity index (χ1v) is 12.8. The highest BCUT2D eigenvalue weighted by atomic mass is 19.3. The standard InChI is InChI=1S/C28H36F2N4O3/c1-18-11-23(36-6)21(20-7-9-34(24(18)20)25(35)37-26(2,3)4)15-33-10-8-27(16-28(29,30)17-27)12-22(33)19-13-31-32(5)14-19/h7,9,11,13-14,22H,8,10,12,15-17H2,1-6H3. The molecule has 1 atom stereocenters. The van der Waals surface area contributed by atoms with E-state index >= 15 is 0 Å². The van der Waals surface area contributed by atoms with Crippen LogP contribution >= 0.6 is 0 Å². The lowest BCUT2D eigenvalue weighted by Gasteiger charge is -2.54. The lowest BCUT2D eigenvalue weighted by molar-refractivity contribution is -0.186.